The third-order valence-corrected chi connectivity index (χ3v) is 6.91. The zero-order valence-electron chi connectivity index (χ0n) is 19.4. The van der Waals surface area contributed by atoms with Gasteiger partial charge in [0.2, 0.25) is 11.9 Å². The van der Waals surface area contributed by atoms with Gasteiger partial charge in [-0.25, -0.2) is 14.4 Å². The molecule has 5 rings (SSSR count). The molecule has 2 fully saturated rings. The number of benzene rings is 1. The van der Waals surface area contributed by atoms with Crippen LogP contribution in [0.1, 0.15) is 36.1 Å². The molecule has 0 aliphatic carbocycles. The van der Waals surface area contributed by atoms with Crippen LogP contribution in [0.5, 0.6) is 0 Å². The van der Waals surface area contributed by atoms with E-state index in [-0.39, 0.29) is 23.7 Å². The number of rotatable bonds is 4. The van der Waals surface area contributed by atoms with E-state index in [1.807, 2.05) is 4.57 Å². The first kappa shape index (κ1) is 21.8. The summed E-state index contributed by atoms with van der Waals surface area (Å²) in [6, 6.07) is 7.50. The molecular weight excluding hydrogens is 421 g/mol. The lowest BCUT2D eigenvalue weighted by molar-refractivity contribution is -0.126. The number of imidazole rings is 1. The van der Waals surface area contributed by atoms with E-state index >= 15 is 0 Å². The van der Waals surface area contributed by atoms with Crippen LogP contribution in [0.25, 0.3) is 16.9 Å². The van der Waals surface area contributed by atoms with Crippen LogP contribution in [0, 0.1) is 32.5 Å². The number of carbonyl (C=O) groups excluding carboxylic acids is 1. The van der Waals surface area contributed by atoms with E-state index in [1.165, 1.54) is 17.2 Å². The van der Waals surface area contributed by atoms with Gasteiger partial charge in [0.05, 0.1) is 29.4 Å². The van der Waals surface area contributed by atoms with Crippen molar-refractivity contribution in [1.29, 1.82) is 0 Å². The fraction of sp³-hybridized carbons (Fsp3) is 0.480. The van der Waals surface area contributed by atoms with Gasteiger partial charge in [0.25, 0.3) is 0 Å². The minimum Gasteiger partial charge on any atom is -0.379 e. The van der Waals surface area contributed by atoms with Gasteiger partial charge < -0.3 is 15.0 Å². The molecule has 4 heterocycles. The van der Waals surface area contributed by atoms with Gasteiger partial charge in [-0.05, 0) is 75.4 Å². The Bertz CT molecular complexity index is 1190. The first-order chi connectivity index (χ1) is 15.9. The topological polar surface area (TPSA) is 72.3 Å². The van der Waals surface area contributed by atoms with E-state index in [1.54, 1.807) is 13.0 Å². The lowest BCUT2D eigenvalue weighted by Gasteiger charge is -2.32. The average Bonchev–Trinajstić information content (AvgIpc) is 3.44. The minimum atomic E-state index is -0.323. The number of amides is 1. The Hall–Kier alpha value is -3.00. The molecule has 7 nitrogen and oxygen atoms in total. The molecule has 8 heteroatoms. The Morgan fingerprint density at radius 2 is 1.85 bits per heavy atom. The molecule has 1 atom stereocenters. The van der Waals surface area contributed by atoms with Crippen LogP contribution in [0.3, 0.4) is 0 Å². The summed E-state index contributed by atoms with van der Waals surface area (Å²) in [5.41, 5.74) is 4.54. The first-order valence-electron chi connectivity index (χ1n) is 11.7. The number of aryl methyl sites for hydroxylation is 3. The van der Waals surface area contributed by atoms with Crippen LogP contribution in [-0.2, 0) is 9.53 Å². The Kier molecular flexibility index (Phi) is 5.78. The Morgan fingerprint density at radius 3 is 2.55 bits per heavy atom. The Labute approximate surface area is 193 Å². The fourth-order valence-electron chi connectivity index (χ4n) is 4.72. The molecule has 2 aromatic heterocycles. The molecule has 2 aliphatic rings. The van der Waals surface area contributed by atoms with Crippen molar-refractivity contribution in [3.63, 3.8) is 0 Å². The SMILES string of the molecule is Cc1cc2nc(N3CCC(C(=O)N[C@@H]4CCOC4)CC3)n(-c3ccc(F)c(C)n3)c2cc1C. The standard InChI is InChI=1S/C25H30FN5O2/c1-15-12-21-22(13-16(15)2)31(23-5-4-20(26)17(3)27-23)25(29-21)30-9-6-18(7-10-30)24(32)28-19-8-11-33-14-19/h4-5,12-13,18-19H,6-11,14H2,1-3H3,(H,28,32)/t19-/m1/s1. The summed E-state index contributed by atoms with van der Waals surface area (Å²) in [4.78, 5) is 24.4. The molecule has 1 amide bonds. The van der Waals surface area contributed by atoms with Crippen molar-refractivity contribution in [3.8, 4) is 5.82 Å². The van der Waals surface area contributed by atoms with Crippen molar-refractivity contribution in [3.05, 3.63) is 46.9 Å². The van der Waals surface area contributed by atoms with E-state index in [0.717, 1.165) is 55.9 Å². The summed E-state index contributed by atoms with van der Waals surface area (Å²) < 4.78 is 21.3. The fourth-order valence-corrected chi connectivity index (χ4v) is 4.72. The van der Waals surface area contributed by atoms with Crippen molar-refractivity contribution in [2.45, 2.75) is 46.1 Å². The highest BCUT2D eigenvalue weighted by molar-refractivity contribution is 5.83. The second-order valence-electron chi connectivity index (χ2n) is 9.24. The highest BCUT2D eigenvalue weighted by Crippen LogP contribution is 2.31. The second-order valence-corrected chi connectivity index (χ2v) is 9.24. The van der Waals surface area contributed by atoms with E-state index in [9.17, 15) is 9.18 Å². The van der Waals surface area contributed by atoms with Gasteiger partial charge in [0.1, 0.15) is 11.6 Å². The average molecular weight is 452 g/mol. The van der Waals surface area contributed by atoms with Crippen molar-refractivity contribution < 1.29 is 13.9 Å². The van der Waals surface area contributed by atoms with E-state index in [4.69, 9.17) is 9.72 Å². The summed E-state index contributed by atoms with van der Waals surface area (Å²) in [5, 5.41) is 3.14. The Balaban J connectivity index is 1.44. The molecule has 174 valence electrons. The van der Waals surface area contributed by atoms with E-state index < -0.39 is 0 Å². The van der Waals surface area contributed by atoms with Crippen molar-refractivity contribution in [2.24, 2.45) is 5.92 Å². The van der Waals surface area contributed by atoms with Gasteiger partial charge in [-0.2, -0.15) is 0 Å². The molecule has 0 radical (unpaired) electrons. The van der Waals surface area contributed by atoms with Crippen LogP contribution in [-0.4, -0.2) is 52.8 Å². The van der Waals surface area contributed by atoms with Gasteiger partial charge in [0, 0.05) is 25.6 Å². The highest BCUT2D eigenvalue weighted by Gasteiger charge is 2.30. The van der Waals surface area contributed by atoms with Gasteiger partial charge in [-0.3, -0.25) is 9.36 Å². The number of halogens is 1. The number of nitrogens with one attached hydrogen (secondary N) is 1. The Morgan fingerprint density at radius 1 is 1.09 bits per heavy atom. The van der Waals surface area contributed by atoms with E-state index in [0.29, 0.717) is 18.1 Å². The molecule has 0 saturated carbocycles. The van der Waals surface area contributed by atoms with Crippen molar-refractivity contribution in [2.75, 3.05) is 31.2 Å². The van der Waals surface area contributed by atoms with Crippen LogP contribution in [0.15, 0.2) is 24.3 Å². The monoisotopic (exact) mass is 451 g/mol. The van der Waals surface area contributed by atoms with Crippen molar-refractivity contribution in [1.82, 2.24) is 19.9 Å². The summed E-state index contributed by atoms with van der Waals surface area (Å²) in [6.07, 6.45) is 2.41. The summed E-state index contributed by atoms with van der Waals surface area (Å²) >= 11 is 0. The molecule has 1 aromatic carbocycles. The van der Waals surface area contributed by atoms with Crippen LogP contribution in [0.2, 0.25) is 0 Å². The molecule has 0 unspecified atom stereocenters. The third kappa shape index (κ3) is 4.19. The van der Waals surface area contributed by atoms with Gasteiger partial charge in [-0.15, -0.1) is 0 Å². The summed E-state index contributed by atoms with van der Waals surface area (Å²) in [6.45, 7) is 8.60. The van der Waals surface area contributed by atoms with Gasteiger partial charge >= 0.3 is 0 Å². The zero-order valence-corrected chi connectivity index (χ0v) is 19.4. The number of fused-ring (bicyclic) bond motifs is 1. The van der Waals surface area contributed by atoms with Crippen LogP contribution >= 0.6 is 0 Å². The summed E-state index contributed by atoms with van der Waals surface area (Å²) in [5.74, 6) is 1.24. The number of carbonyl (C=O) groups is 1. The molecular formula is C25H30FN5O2. The van der Waals surface area contributed by atoms with Crippen molar-refractivity contribution >= 4 is 22.9 Å². The number of nitrogens with zero attached hydrogens (tertiary/aromatic N) is 4. The number of anilines is 1. The quantitative estimate of drug-likeness (QED) is 0.656. The molecule has 2 saturated heterocycles. The maximum Gasteiger partial charge on any atom is 0.223 e. The maximum atomic E-state index is 13.9. The highest BCUT2D eigenvalue weighted by atomic mass is 19.1. The smallest absolute Gasteiger partial charge is 0.223 e. The number of ether oxygens (including phenoxy) is 1. The lowest BCUT2D eigenvalue weighted by Crippen LogP contribution is -2.44. The third-order valence-electron chi connectivity index (χ3n) is 6.91. The molecule has 0 bridgehead atoms. The number of pyridine rings is 1. The molecule has 3 aromatic rings. The summed E-state index contributed by atoms with van der Waals surface area (Å²) in [7, 11) is 0. The number of hydrogen-bond donors (Lipinski definition) is 1. The second kappa shape index (κ2) is 8.74. The zero-order chi connectivity index (χ0) is 23.1. The molecule has 1 N–H and O–H groups in total. The largest absolute Gasteiger partial charge is 0.379 e. The predicted molar refractivity (Wildman–Crippen MR) is 125 cm³/mol. The van der Waals surface area contributed by atoms with Crippen LogP contribution in [0.4, 0.5) is 10.3 Å². The number of hydrogen-bond acceptors (Lipinski definition) is 5. The maximum absolute atomic E-state index is 13.9. The van der Waals surface area contributed by atoms with Gasteiger partial charge in [-0.1, -0.05) is 0 Å². The number of aromatic nitrogens is 3. The minimum absolute atomic E-state index is 0.00430. The first-order valence-corrected chi connectivity index (χ1v) is 11.7. The normalized spacial score (nSPS) is 19.4. The lowest BCUT2D eigenvalue weighted by atomic mass is 9.95. The van der Waals surface area contributed by atoms with Gasteiger partial charge in [0.15, 0.2) is 0 Å². The number of piperidine rings is 1. The molecule has 33 heavy (non-hydrogen) atoms. The molecule has 0 spiro atoms. The van der Waals surface area contributed by atoms with Crippen LogP contribution < -0.4 is 10.2 Å². The van der Waals surface area contributed by atoms with E-state index in [2.05, 4.69) is 41.2 Å². The predicted octanol–water partition coefficient (Wildman–Crippen LogP) is 3.61. The molecule has 2 aliphatic heterocycles.